The first-order valence-electron chi connectivity index (χ1n) is 5.44. The van der Waals surface area contributed by atoms with Crippen molar-refractivity contribution < 1.29 is 0 Å². The van der Waals surface area contributed by atoms with Crippen molar-refractivity contribution in [2.45, 2.75) is 19.8 Å². The zero-order valence-electron chi connectivity index (χ0n) is 9.24. The van der Waals surface area contributed by atoms with Crippen LogP contribution in [0, 0.1) is 5.92 Å². The lowest BCUT2D eigenvalue weighted by Crippen LogP contribution is -2.11. The third kappa shape index (κ3) is 2.73. The zero-order chi connectivity index (χ0) is 11.5. The largest absolute Gasteiger partial charge is 0.330 e. The van der Waals surface area contributed by atoms with Crippen LogP contribution < -0.4 is 5.73 Å². The van der Waals surface area contributed by atoms with E-state index in [9.17, 15) is 0 Å². The summed E-state index contributed by atoms with van der Waals surface area (Å²) in [7, 11) is 0. The average Bonchev–Trinajstić information content (AvgIpc) is 2.67. The third-order valence-corrected chi connectivity index (χ3v) is 3.96. The molecule has 1 aromatic carbocycles. The predicted molar refractivity (Wildman–Crippen MR) is 71.2 cm³/mol. The highest BCUT2D eigenvalue weighted by molar-refractivity contribution is 7.18. The van der Waals surface area contributed by atoms with Crippen molar-refractivity contribution >= 4 is 33.2 Å². The first-order valence-corrected chi connectivity index (χ1v) is 6.63. The highest BCUT2D eigenvalue weighted by Gasteiger charge is 2.06. The molecule has 0 saturated heterocycles. The first kappa shape index (κ1) is 11.8. The standard InChI is InChI=1S/C12H15ClN2S/c1-8(7-14)2-5-12-15-10-4-3-9(13)6-11(10)16-12/h3-4,6,8H,2,5,7,14H2,1H3. The van der Waals surface area contributed by atoms with Crippen molar-refractivity contribution in [3.05, 3.63) is 28.2 Å². The molecule has 0 bridgehead atoms. The van der Waals surface area contributed by atoms with E-state index in [2.05, 4.69) is 11.9 Å². The number of rotatable bonds is 4. The highest BCUT2D eigenvalue weighted by atomic mass is 35.5. The van der Waals surface area contributed by atoms with Gasteiger partial charge in [0.15, 0.2) is 0 Å². The molecule has 0 aliphatic rings. The van der Waals surface area contributed by atoms with Gasteiger partial charge in [0.1, 0.15) is 0 Å². The normalized spacial score (nSPS) is 13.2. The molecule has 0 spiro atoms. The summed E-state index contributed by atoms with van der Waals surface area (Å²) < 4.78 is 1.17. The van der Waals surface area contributed by atoms with Gasteiger partial charge in [0.25, 0.3) is 0 Å². The van der Waals surface area contributed by atoms with E-state index in [0.717, 1.165) is 29.9 Å². The molecule has 2 aromatic rings. The molecule has 1 atom stereocenters. The molecule has 0 saturated carbocycles. The topological polar surface area (TPSA) is 38.9 Å². The monoisotopic (exact) mass is 254 g/mol. The van der Waals surface area contributed by atoms with E-state index in [1.165, 1.54) is 9.71 Å². The number of nitrogens with zero attached hydrogens (tertiary/aromatic N) is 1. The summed E-state index contributed by atoms with van der Waals surface area (Å²) in [4.78, 5) is 4.58. The molecule has 4 heteroatoms. The Bertz CT molecular complexity index is 481. The van der Waals surface area contributed by atoms with Gasteiger partial charge >= 0.3 is 0 Å². The van der Waals surface area contributed by atoms with Crippen LogP contribution in [-0.2, 0) is 6.42 Å². The van der Waals surface area contributed by atoms with E-state index >= 15 is 0 Å². The molecule has 86 valence electrons. The molecule has 0 fully saturated rings. The maximum Gasteiger partial charge on any atom is 0.0938 e. The molecule has 2 N–H and O–H groups in total. The number of thiazole rings is 1. The van der Waals surface area contributed by atoms with Crippen LogP contribution >= 0.6 is 22.9 Å². The van der Waals surface area contributed by atoms with Crippen molar-refractivity contribution in [3.8, 4) is 0 Å². The van der Waals surface area contributed by atoms with Crippen molar-refractivity contribution in [2.75, 3.05) is 6.54 Å². The van der Waals surface area contributed by atoms with E-state index in [1.54, 1.807) is 11.3 Å². The van der Waals surface area contributed by atoms with Gasteiger partial charge in [-0.25, -0.2) is 4.98 Å². The highest BCUT2D eigenvalue weighted by Crippen LogP contribution is 2.26. The van der Waals surface area contributed by atoms with Crippen molar-refractivity contribution in [1.29, 1.82) is 0 Å². The van der Waals surface area contributed by atoms with E-state index in [-0.39, 0.29) is 0 Å². The second-order valence-corrected chi connectivity index (χ2v) is 5.65. The molecule has 1 heterocycles. The Labute approximate surface area is 104 Å². The van der Waals surface area contributed by atoms with Crippen LogP contribution in [0.5, 0.6) is 0 Å². The van der Waals surface area contributed by atoms with E-state index < -0.39 is 0 Å². The van der Waals surface area contributed by atoms with Gasteiger partial charge in [-0.15, -0.1) is 11.3 Å². The molecular formula is C12H15ClN2S. The second-order valence-electron chi connectivity index (χ2n) is 4.10. The van der Waals surface area contributed by atoms with Gasteiger partial charge in [0, 0.05) is 5.02 Å². The maximum absolute atomic E-state index is 5.94. The number of benzene rings is 1. The van der Waals surface area contributed by atoms with E-state index in [0.29, 0.717) is 5.92 Å². The molecule has 16 heavy (non-hydrogen) atoms. The number of halogens is 1. The van der Waals surface area contributed by atoms with Gasteiger partial charge in [-0.3, -0.25) is 0 Å². The summed E-state index contributed by atoms with van der Waals surface area (Å²) >= 11 is 7.67. The molecule has 1 aromatic heterocycles. The summed E-state index contributed by atoms with van der Waals surface area (Å²) in [5, 5.41) is 1.95. The van der Waals surface area contributed by atoms with Gasteiger partial charge in [0.2, 0.25) is 0 Å². The molecule has 0 aliphatic heterocycles. The average molecular weight is 255 g/mol. The summed E-state index contributed by atoms with van der Waals surface area (Å²) in [5.74, 6) is 0.565. The van der Waals surface area contributed by atoms with Crippen LogP contribution in [0.3, 0.4) is 0 Å². The van der Waals surface area contributed by atoms with Crippen LogP contribution in [0.15, 0.2) is 18.2 Å². The van der Waals surface area contributed by atoms with E-state index in [4.69, 9.17) is 17.3 Å². The fourth-order valence-electron chi connectivity index (χ4n) is 1.54. The number of aromatic nitrogens is 1. The SMILES string of the molecule is CC(CN)CCc1nc2ccc(Cl)cc2s1. The quantitative estimate of drug-likeness (QED) is 0.907. The van der Waals surface area contributed by atoms with Crippen molar-refractivity contribution in [2.24, 2.45) is 11.7 Å². The maximum atomic E-state index is 5.94. The van der Waals surface area contributed by atoms with Gasteiger partial charge in [-0.05, 0) is 43.5 Å². The summed E-state index contributed by atoms with van der Waals surface area (Å²) in [6.45, 7) is 2.92. The molecule has 2 rings (SSSR count). The van der Waals surface area contributed by atoms with Crippen LogP contribution in [0.4, 0.5) is 0 Å². The number of aryl methyl sites for hydroxylation is 1. The first-order chi connectivity index (χ1) is 7.69. The molecular weight excluding hydrogens is 240 g/mol. The molecule has 0 amide bonds. The van der Waals surface area contributed by atoms with Crippen LogP contribution in [0.1, 0.15) is 18.4 Å². The van der Waals surface area contributed by atoms with Crippen molar-refractivity contribution in [3.63, 3.8) is 0 Å². The molecule has 1 unspecified atom stereocenters. The number of hydrogen-bond donors (Lipinski definition) is 1. The zero-order valence-corrected chi connectivity index (χ0v) is 10.8. The Balaban J connectivity index is 2.13. The lowest BCUT2D eigenvalue weighted by Gasteiger charge is -2.04. The molecule has 0 aliphatic carbocycles. The van der Waals surface area contributed by atoms with Crippen LogP contribution in [0.2, 0.25) is 5.02 Å². The fourth-order valence-corrected chi connectivity index (χ4v) is 2.80. The van der Waals surface area contributed by atoms with Gasteiger partial charge in [-0.1, -0.05) is 18.5 Å². The van der Waals surface area contributed by atoms with Gasteiger partial charge in [-0.2, -0.15) is 0 Å². The minimum absolute atomic E-state index is 0.565. The number of fused-ring (bicyclic) bond motifs is 1. The lowest BCUT2D eigenvalue weighted by molar-refractivity contribution is 0.544. The van der Waals surface area contributed by atoms with E-state index in [1.807, 2.05) is 18.2 Å². The third-order valence-electron chi connectivity index (χ3n) is 2.65. The molecule has 2 nitrogen and oxygen atoms in total. The van der Waals surface area contributed by atoms with Gasteiger partial charge < -0.3 is 5.73 Å². The lowest BCUT2D eigenvalue weighted by atomic mass is 10.1. The predicted octanol–water partition coefficient (Wildman–Crippen LogP) is 3.48. The summed E-state index contributed by atoms with van der Waals surface area (Å²) in [6, 6.07) is 5.84. The Morgan fingerprint density at radius 2 is 2.31 bits per heavy atom. The Morgan fingerprint density at radius 1 is 1.50 bits per heavy atom. The van der Waals surface area contributed by atoms with Crippen LogP contribution in [-0.4, -0.2) is 11.5 Å². The number of hydrogen-bond acceptors (Lipinski definition) is 3. The Kier molecular flexibility index (Phi) is 3.79. The van der Waals surface area contributed by atoms with Gasteiger partial charge in [0.05, 0.1) is 15.2 Å². The Hall–Kier alpha value is -0.640. The number of nitrogens with two attached hydrogens (primary N) is 1. The smallest absolute Gasteiger partial charge is 0.0938 e. The Morgan fingerprint density at radius 3 is 3.06 bits per heavy atom. The summed E-state index contributed by atoms with van der Waals surface area (Å²) in [6.07, 6.45) is 2.11. The van der Waals surface area contributed by atoms with Crippen molar-refractivity contribution in [1.82, 2.24) is 4.98 Å². The minimum Gasteiger partial charge on any atom is -0.330 e. The fraction of sp³-hybridized carbons (Fsp3) is 0.417. The second kappa shape index (κ2) is 5.13. The van der Waals surface area contributed by atoms with Crippen LogP contribution in [0.25, 0.3) is 10.2 Å². The minimum atomic E-state index is 0.565. The molecule has 0 radical (unpaired) electrons. The summed E-state index contributed by atoms with van der Waals surface area (Å²) in [5.41, 5.74) is 6.64.